The Bertz CT molecular complexity index is 481. The van der Waals surface area contributed by atoms with Crippen LogP contribution >= 0.6 is 22.9 Å². The number of aromatic nitrogens is 1. The fourth-order valence-corrected chi connectivity index (χ4v) is 2.14. The van der Waals surface area contributed by atoms with Gasteiger partial charge in [-0.3, -0.25) is 5.43 Å². The van der Waals surface area contributed by atoms with Crippen LogP contribution in [0.4, 0.5) is 5.13 Å². The topological polar surface area (TPSA) is 50.9 Å². The molecule has 0 aliphatic carbocycles. The summed E-state index contributed by atoms with van der Waals surface area (Å²) in [5.74, 6) is 5.27. The van der Waals surface area contributed by atoms with Gasteiger partial charge in [-0.05, 0) is 19.1 Å². The molecule has 5 heteroatoms. The van der Waals surface area contributed by atoms with Gasteiger partial charge >= 0.3 is 0 Å². The highest BCUT2D eigenvalue weighted by Crippen LogP contribution is 2.30. The number of hydrazine groups is 1. The van der Waals surface area contributed by atoms with E-state index >= 15 is 0 Å². The molecular formula is C10H10ClN3S. The van der Waals surface area contributed by atoms with E-state index in [2.05, 4.69) is 10.4 Å². The highest BCUT2D eigenvalue weighted by Gasteiger charge is 2.07. The summed E-state index contributed by atoms with van der Waals surface area (Å²) in [5, 5.41) is 3.31. The number of nitrogen functional groups attached to an aromatic ring is 1. The van der Waals surface area contributed by atoms with Crippen LogP contribution in [0.15, 0.2) is 23.6 Å². The van der Waals surface area contributed by atoms with Crippen LogP contribution < -0.4 is 11.3 Å². The second kappa shape index (κ2) is 4.18. The summed E-state index contributed by atoms with van der Waals surface area (Å²) in [5.41, 5.74) is 5.46. The zero-order valence-corrected chi connectivity index (χ0v) is 9.69. The number of hydrogen-bond donors (Lipinski definition) is 2. The number of halogens is 1. The third-order valence-electron chi connectivity index (χ3n) is 2.03. The normalized spacial score (nSPS) is 10.3. The summed E-state index contributed by atoms with van der Waals surface area (Å²) in [4.78, 5) is 4.30. The predicted molar refractivity (Wildman–Crippen MR) is 65.1 cm³/mol. The molecule has 0 aliphatic rings. The predicted octanol–water partition coefficient (Wildman–Crippen LogP) is 3.06. The van der Waals surface area contributed by atoms with Crippen LogP contribution in [0, 0.1) is 6.92 Å². The van der Waals surface area contributed by atoms with E-state index in [-0.39, 0.29) is 0 Å². The van der Waals surface area contributed by atoms with E-state index in [9.17, 15) is 0 Å². The molecule has 0 amide bonds. The van der Waals surface area contributed by atoms with Crippen molar-refractivity contribution in [1.29, 1.82) is 0 Å². The van der Waals surface area contributed by atoms with Gasteiger partial charge in [0.15, 0.2) is 5.13 Å². The van der Waals surface area contributed by atoms with Crippen LogP contribution in [-0.2, 0) is 0 Å². The van der Waals surface area contributed by atoms with E-state index in [0.717, 1.165) is 16.8 Å². The van der Waals surface area contributed by atoms with Gasteiger partial charge in [0, 0.05) is 10.9 Å². The average molecular weight is 240 g/mol. The van der Waals surface area contributed by atoms with Crippen molar-refractivity contribution in [3.05, 3.63) is 34.2 Å². The Labute approximate surface area is 96.9 Å². The van der Waals surface area contributed by atoms with Gasteiger partial charge in [0.1, 0.15) is 0 Å². The van der Waals surface area contributed by atoms with Gasteiger partial charge in [0.05, 0.1) is 10.7 Å². The quantitative estimate of drug-likeness (QED) is 0.626. The van der Waals surface area contributed by atoms with Crippen molar-refractivity contribution in [2.75, 3.05) is 5.43 Å². The lowest BCUT2D eigenvalue weighted by atomic mass is 10.1. The molecule has 78 valence electrons. The summed E-state index contributed by atoms with van der Waals surface area (Å²) in [6, 6.07) is 5.86. The minimum atomic E-state index is 0.683. The van der Waals surface area contributed by atoms with Crippen LogP contribution in [0.25, 0.3) is 11.3 Å². The Kier molecular flexibility index (Phi) is 2.90. The Morgan fingerprint density at radius 3 is 2.93 bits per heavy atom. The third kappa shape index (κ3) is 2.12. The highest BCUT2D eigenvalue weighted by molar-refractivity contribution is 7.14. The molecule has 0 fully saturated rings. The maximum Gasteiger partial charge on any atom is 0.197 e. The number of hydrogen-bond acceptors (Lipinski definition) is 4. The van der Waals surface area contributed by atoms with Crippen molar-refractivity contribution in [2.24, 2.45) is 5.84 Å². The molecule has 0 atom stereocenters. The van der Waals surface area contributed by atoms with E-state index < -0.39 is 0 Å². The molecule has 0 saturated heterocycles. The number of nitrogens with zero attached hydrogens (tertiary/aromatic N) is 1. The molecule has 0 bridgehead atoms. The molecule has 1 aromatic carbocycles. The van der Waals surface area contributed by atoms with Crippen LogP contribution in [0.2, 0.25) is 5.02 Å². The first kappa shape index (κ1) is 10.4. The van der Waals surface area contributed by atoms with Gasteiger partial charge in [0.2, 0.25) is 0 Å². The second-order valence-corrected chi connectivity index (χ2v) is 4.43. The molecule has 1 heterocycles. The standard InChI is InChI=1S/C10H10ClN3S/c1-6-2-3-8(11)7(4-6)9-5-15-10(13-9)14-12/h2-5H,12H2,1H3,(H,13,14). The smallest absolute Gasteiger partial charge is 0.197 e. The van der Waals surface area contributed by atoms with E-state index in [0.29, 0.717) is 10.2 Å². The fourth-order valence-electron chi connectivity index (χ4n) is 1.30. The number of rotatable bonds is 2. The lowest BCUT2D eigenvalue weighted by Gasteiger charge is -2.01. The van der Waals surface area contributed by atoms with Gasteiger partial charge < -0.3 is 0 Å². The lowest BCUT2D eigenvalue weighted by Crippen LogP contribution is -2.05. The zero-order chi connectivity index (χ0) is 10.8. The number of anilines is 1. The van der Waals surface area contributed by atoms with Crippen molar-refractivity contribution in [3.63, 3.8) is 0 Å². The summed E-state index contributed by atoms with van der Waals surface area (Å²) >= 11 is 7.55. The monoisotopic (exact) mass is 239 g/mol. The number of nitrogens with one attached hydrogen (secondary N) is 1. The van der Waals surface area contributed by atoms with E-state index in [1.54, 1.807) is 0 Å². The van der Waals surface area contributed by atoms with E-state index in [1.807, 2.05) is 30.5 Å². The maximum absolute atomic E-state index is 6.10. The molecule has 15 heavy (non-hydrogen) atoms. The molecule has 0 radical (unpaired) electrons. The van der Waals surface area contributed by atoms with E-state index in [4.69, 9.17) is 17.4 Å². The number of thiazole rings is 1. The Morgan fingerprint density at radius 2 is 2.27 bits per heavy atom. The van der Waals surface area contributed by atoms with Gasteiger partial charge in [-0.25, -0.2) is 10.8 Å². The first-order chi connectivity index (χ1) is 7.20. The third-order valence-corrected chi connectivity index (χ3v) is 3.13. The first-order valence-electron chi connectivity index (χ1n) is 4.39. The first-order valence-corrected chi connectivity index (χ1v) is 5.65. The number of aryl methyl sites for hydroxylation is 1. The van der Waals surface area contributed by atoms with Gasteiger partial charge in [-0.1, -0.05) is 23.2 Å². The molecule has 2 rings (SSSR count). The number of nitrogens with two attached hydrogens (primary N) is 1. The zero-order valence-electron chi connectivity index (χ0n) is 8.12. The molecular weight excluding hydrogens is 230 g/mol. The van der Waals surface area contributed by atoms with E-state index in [1.165, 1.54) is 11.3 Å². The molecule has 3 N–H and O–H groups in total. The largest absolute Gasteiger partial charge is 0.300 e. The minimum absolute atomic E-state index is 0.683. The summed E-state index contributed by atoms with van der Waals surface area (Å²) in [6.45, 7) is 2.02. The average Bonchev–Trinajstić information content (AvgIpc) is 2.70. The Morgan fingerprint density at radius 1 is 1.47 bits per heavy atom. The summed E-state index contributed by atoms with van der Waals surface area (Å²) < 4.78 is 0. The van der Waals surface area contributed by atoms with Crippen LogP contribution in [0.3, 0.4) is 0 Å². The molecule has 0 unspecified atom stereocenters. The Hall–Kier alpha value is -1.10. The molecule has 1 aromatic heterocycles. The SMILES string of the molecule is Cc1ccc(Cl)c(-c2csc(NN)n2)c1. The van der Waals surface area contributed by atoms with Crippen molar-refractivity contribution in [3.8, 4) is 11.3 Å². The fraction of sp³-hybridized carbons (Fsp3) is 0.100. The second-order valence-electron chi connectivity index (χ2n) is 3.17. The lowest BCUT2D eigenvalue weighted by molar-refractivity contribution is 1.29. The van der Waals surface area contributed by atoms with Crippen molar-refractivity contribution in [2.45, 2.75) is 6.92 Å². The van der Waals surface area contributed by atoms with Crippen molar-refractivity contribution < 1.29 is 0 Å². The highest BCUT2D eigenvalue weighted by atomic mass is 35.5. The van der Waals surface area contributed by atoms with Crippen LogP contribution in [0.5, 0.6) is 0 Å². The molecule has 0 saturated carbocycles. The van der Waals surface area contributed by atoms with Crippen molar-refractivity contribution in [1.82, 2.24) is 4.98 Å². The van der Waals surface area contributed by atoms with Gasteiger partial charge in [0.25, 0.3) is 0 Å². The van der Waals surface area contributed by atoms with Gasteiger partial charge in [-0.15, -0.1) is 11.3 Å². The van der Waals surface area contributed by atoms with Crippen molar-refractivity contribution >= 4 is 28.1 Å². The summed E-state index contributed by atoms with van der Waals surface area (Å²) in [7, 11) is 0. The maximum atomic E-state index is 6.10. The molecule has 0 spiro atoms. The summed E-state index contributed by atoms with van der Waals surface area (Å²) in [6.07, 6.45) is 0. The molecule has 0 aliphatic heterocycles. The van der Waals surface area contributed by atoms with Gasteiger partial charge in [-0.2, -0.15) is 0 Å². The molecule has 2 aromatic rings. The molecule has 3 nitrogen and oxygen atoms in total. The van der Waals surface area contributed by atoms with Crippen LogP contribution in [0.1, 0.15) is 5.56 Å². The minimum Gasteiger partial charge on any atom is -0.300 e. The number of benzene rings is 1. The van der Waals surface area contributed by atoms with Crippen LogP contribution in [-0.4, -0.2) is 4.98 Å². The Balaban J connectivity index is 2.48.